The first-order valence-electron chi connectivity index (χ1n) is 13.4. The summed E-state index contributed by atoms with van der Waals surface area (Å²) in [5.41, 5.74) is 2.07. The highest BCUT2D eigenvalue weighted by molar-refractivity contribution is 5.97. The van der Waals surface area contributed by atoms with Crippen LogP contribution in [-0.2, 0) is 9.59 Å². The first-order chi connectivity index (χ1) is 17.9. The molecule has 0 atom stereocenters. The fraction of sp³-hybridized carbons (Fsp3) is 0.483. The second kappa shape index (κ2) is 10.4. The summed E-state index contributed by atoms with van der Waals surface area (Å²) in [6.07, 6.45) is 3.07. The Morgan fingerprint density at radius 2 is 1.65 bits per heavy atom. The van der Waals surface area contributed by atoms with Crippen LogP contribution in [0.25, 0.3) is 0 Å². The smallest absolute Gasteiger partial charge is 0.321 e. The summed E-state index contributed by atoms with van der Waals surface area (Å²) >= 11 is 0. The van der Waals surface area contributed by atoms with Crippen molar-refractivity contribution in [1.82, 2.24) is 14.7 Å². The van der Waals surface area contributed by atoms with Gasteiger partial charge in [0, 0.05) is 37.6 Å². The van der Waals surface area contributed by atoms with E-state index in [1.807, 2.05) is 66.4 Å². The molecule has 196 valence electrons. The Labute approximate surface area is 219 Å². The highest BCUT2D eigenvalue weighted by Crippen LogP contribution is 2.39. The largest absolute Gasteiger partial charge is 0.341 e. The van der Waals surface area contributed by atoms with Crippen molar-refractivity contribution < 1.29 is 14.4 Å². The number of likely N-dealkylation sites (tertiary alicyclic amines) is 2. The fourth-order valence-corrected chi connectivity index (χ4v) is 5.85. The van der Waals surface area contributed by atoms with Gasteiger partial charge < -0.3 is 24.9 Å². The Morgan fingerprint density at radius 3 is 2.32 bits per heavy atom. The van der Waals surface area contributed by atoms with Crippen LogP contribution in [0, 0.1) is 12.8 Å². The molecule has 3 fully saturated rings. The van der Waals surface area contributed by atoms with E-state index in [-0.39, 0.29) is 24.4 Å². The number of carbonyl (C=O) groups is 3. The molecule has 3 saturated heterocycles. The number of para-hydroxylation sites is 1. The van der Waals surface area contributed by atoms with E-state index in [9.17, 15) is 14.4 Å². The summed E-state index contributed by atoms with van der Waals surface area (Å²) in [6.45, 7) is 7.18. The first-order valence-corrected chi connectivity index (χ1v) is 13.4. The van der Waals surface area contributed by atoms with E-state index in [0.29, 0.717) is 38.5 Å². The van der Waals surface area contributed by atoms with Gasteiger partial charge in [0.2, 0.25) is 5.91 Å². The number of nitrogens with one attached hydrogen (secondary N) is 1. The number of hydrogen-bond donors (Lipinski definition) is 1. The molecule has 0 aliphatic carbocycles. The van der Waals surface area contributed by atoms with E-state index in [2.05, 4.69) is 17.1 Å². The molecule has 37 heavy (non-hydrogen) atoms. The molecular weight excluding hydrogens is 466 g/mol. The third-order valence-electron chi connectivity index (χ3n) is 8.19. The second-order valence-corrected chi connectivity index (χ2v) is 10.8. The van der Waals surface area contributed by atoms with Crippen molar-refractivity contribution in [3.63, 3.8) is 0 Å². The standard InChI is InChI=1S/C29H37N5O3/c1-22-11-15-31(16-12-22)26(35)20-33-21-34(25-9-4-3-5-10-25)29(27(33)36)13-17-32(18-14-29)28(37)30-24-8-6-7-23(2)19-24/h3-10,19,22H,11-18,20-21H2,1-2H3,(H,30,37). The summed E-state index contributed by atoms with van der Waals surface area (Å²) in [5, 5.41) is 2.99. The zero-order valence-corrected chi connectivity index (χ0v) is 21.9. The third kappa shape index (κ3) is 5.15. The summed E-state index contributed by atoms with van der Waals surface area (Å²) < 4.78 is 0. The summed E-state index contributed by atoms with van der Waals surface area (Å²) in [6, 6.07) is 17.5. The van der Waals surface area contributed by atoms with Crippen molar-refractivity contribution in [2.75, 3.05) is 49.6 Å². The molecule has 4 amide bonds. The van der Waals surface area contributed by atoms with Crippen LogP contribution in [-0.4, -0.2) is 77.5 Å². The Balaban J connectivity index is 1.30. The summed E-state index contributed by atoms with van der Waals surface area (Å²) in [7, 11) is 0. The molecule has 1 spiro atoms. The van der Waals surface area contributed by atoms with E-state index in [0.717, 1.165) is 42.9 Å². The Bertz CT molecular complexity index is 1140. The average molecular weight is 504 g/mol. The number of benzene rings is 2. The van der Waals surface area contributed by atoms with Crippen LogP contribution in [0.15, 0.2) is 54.6 Å². The molecule has 8 nitrogen and oxygen atoms in total. The second-order valence-electron chi connectivity index (χ2n) is 10.8. The number of amides is 4. The van der Waals surface area contributed by atoms with Crippen molar-refractivity contribution >= 4 is 29.2 Å². The minimum Gasteiger partial charge on any atom is -0.341 e. The predicted molar refractivity (Wildman–Crippen MR) is 144 cm³/mol. The van der Waals surface area contributed by atoms with Gasteiger partial charge >= 0.3 is 6.03 Å². The highest BCUT2D eigenvalue weighted by Gasteiger charge is 2.54. The zero-order valence-electron chi connectivity index (χ0n) is 21.9. The molecule has 3 heterocycles. The number of carbonyl (C=O) groups excluding carboxylic acids is 3. The van der Waals surface area contributed by atoms with E-state index in [4.69, 9.17) is 0 Å². The van der Waals surface area contributed by atoms with Gasteiger partial charge in [-0.05, 0) is 68.4 Å². The lowest BCUT2D eigenvalue weighted by Gasteiger charge is -2.43. The van der Waals surface area contributed by atoms with E-state index < -0.39 is 5.54 Å². The molecule has 0 radical (unpaired) electrons. The number of rotatable bonds is 4. The van der Waals surface area contributed by atoms with E-state index in [1.54, 1.807) is 9.80 Å². The van der Waals surface area contributed by atoms with Crippen LogP contribution < -0.4 is 10.2 Å². The van der Waals surface area contributed by atoms with E-state index in [1.165, 1.54) is 0 Å². The van der Waals surface area contributed by atoms with Crippen LogP contribution in [0.2, 0.25) is 0 Å². The van der Waals surface area contributed by atoms with Crippen LogP contribution in [0.5, 0.6) is 0 Å². The normalized spacial score (nSPS) is 20.0. The minimum absolute atomic E-state index is 0.00572. The first kappa shape index (κ1) is 25.1. The molecule has 0 unspecified atom stereocenters. The Hall–Kier alpha value is -3.55. The van der Waals surface area contributed by atoms with Gasteiger partial charge in [-0.2, -0.15) is 0 Å². The summed E-state index contributed by atoms with van der Waals surface area (Å²) in [5.74, 6) is 0.664. The zero-order chi connectivity index (χ0) is 26.0. The third-order valence-corrected chi connectivity index (χ3v) is 8.19. The van der Waals surface area contributed by atoms with Gasteiger partial charge in [-0.1, -0.05) is 37.3 Å². The van der Waals surface area contributed by atoms with Gasteiger partial charge in [-0.15, -0.1) is 0 Å². The van der Waals surface area contributed by atoms with E-state index >= 15 is 0 Å². The average Bonchev–Trinajstić information content (AvgIpc) is 3.16. The molecule has 2 aromatic carbocycles. The van der Waals surface area contributed by atoms with Gasteiger partial charge in [0.05, 0.1) is 6.67 Å². The molecule has 1 N–H and O–H groups in total. The summed E-state index contributed by atoms with van der Waals surface area (Å²) in [4.78, 5) is 47.6. The molecule has 8 heteroatoms. The monoisotopic (exact) mass is 503 g/mol. The molecule has 2 aromatic rings. The van der Waals surface area contributed by atoms with Crippen molar-refractivity contribution in [3.05, 3.63) is 60.2 Å². The molecule has 0 saturated carbocycles. The lowest BCUT2D eigenvalue weighted by molar-refractivity contribution is -0.141. The van der Waals surface area contributed by atoms with Crippen LogP contribution in [0.3, 0.4) is 0 Å². The van der Waals surface area contributed by atoms with Gasteiger partial charge in [-0.25, -0.2) is 4.79 Å². The SMILES string of the molecule is Cc1cccc(NC(=O)N2CCC3(CC2)C(=O)N(CC(=O)N2CCC(C)CC2)CN3c2ccccc2)c1. The molecular formula is C29H37N5O3. The van der Waals surface area contributed by atoms with Crippen molar-refractivity contribution in [3.8, 4) is 0 Å². The lowest BCUT2D eigenvalue weighted by atomic mass is 9.85. The van der Waals surface area contributed by atoms with Crippen molar-refractivity contribution in [2.45, 2.75) is 45.1 Å². The lowest BCUT2D eigenvalue weighted by Crippen LogP contribution is -2.58. The highest BCUT2D eigenvalue weighted by atomic mass is 16.2. The fourth-order valence-electron chi connectivity index (χ4n) is 5.85. The van der Waals surface area contributed by atoms with Crippen molar-refractivity contribution in [1.29, 1.82) is 0 Å². The van der Waals surface area contributed by atoms with Crippen molar-refractivity contribution in [2.24, 2.45) is 5.92 Å². The molecule has 5 rings (SSSR count). The van der Waals surface area contributed by atoms with Crippen LogP contribution >= 0.6 is 0 Å². The van der Waals surface area contributed by atoms with Gasteiger partial charge in [0.1, 0.15) is 12.1 Å². The van der Waals surface area contributed by atoms with Gasteiger partial charge in [-0.3, -0.25) is 9.59 Å². The maximum absolute atomic E-state index is 13.9. The maximum atomic E-state index is 13.9. The van der Waals surface area contributed by atoms with Gasteiger partial charge in [0.15, 0.2) is 0 Å². The number of nitrogens with zero attached hydrogens (tertiary/aromatic N) is 4. The number of aryl methyl sites for hydroxylation is 1. The minimum atomic E-state index is -0.752. The molecule has 3 aliphatic rings. The number of piperidine rings is 2. The maximum Gasteiger partial charge on any atom is 0.321 e. The number of anilines is 2. The van der Waals surface area contributed by atoms with Gasteiger partial charge in [0.25, 0.3) is 5.91 Å². The Morgan fingerprint density at radius 1 is 0.946 bits per heavy atom. The topological polar surface area (TPSA) is 76.2 Å². The molecule has 0 bridgehead atoms. The molecule has 0 aromatic heterocycles. The number of urea groups is 1. The Kier molecular flexibility index (Phi) is 7.09. The molecule has 3 aliphatic heterocycles. The number of hydrogen-bond acceptors (Lipinski definition) is 4. The predicted octanol–water partition coefficient (Wildman–Crippen LogP) is 3.93. The van der Waals surface area contributed by atoms with Crippen LogP contribution in [0.1, 0.15) is 38.2 Å². The van der Waals surface area contributed by atoms with Crippen LogP contribution in [0.4, 0.5) is 16.2 Å². The quantitative estimate of drug-likeness (QED) is 0.686.